The molecule has 1 aliphatic rings. The average molecular weight is 184 g/mol. The van der Waals surface area contributed by atoms with E-state index >= 15 is 0 Å². The van der Waals surface area contributed by atoms with E-state index in [-0.39, 0.29) is 18.6 Å². The highest BCUT2D eigenvalue weighted by Gasteiger charge is 2.29. The molecule has 0 aliphatic carbocycles. The second kappa shape index (κ2) is 5.40. The van der Waals surface area contributed by atoms with Crippen LogP contribution in [0.5, 0.6) is 0 Å². The Morgan fingerprint density at radius 1 is 1.54 bits per heavy atom. The predicted octanol–water partition coefficient (Wildman–Crippen LogP) is 2.13. The van der Waals surface area contributed by atoms with E-state index in [4.69, 9.17) is 9.84 Å². The van der Waals surface area contributed by atoms with Crippen LogP contribution >= 0.6 is 0 Å². The van der Waals surface area contributed by atoms with Gasteiger partial charge in [-0.2, -0.15) is 0 Å². The summed E-state index contributed by atoms with van der Waals surface area (Å²) < 4.78 is 5.56. The first-order chi connectivity index (χ1) is 6.29. The Balaban J connectivity index is 2.28. The molecule has 2 heteroatoms. The number of ether oxygens (including phenoxy) is 1. The number of aliphatic hydroxyl groups is 1. The highest BCUT2D eigenvalue weighted by Crippen LogP contribution is 2.28. The molecule has 0 radical (unpaired) electrons. The van der Waals surface area contributed by atoms with Gasteiger partial charge in [-0.3, -0.25) is 0 Å². The summed E-state index contributed by atoms with van der Waals surface area (Å²) in [4.78, 5) is 0. The van der Waals surface area contributed by atoms with E-state index in [1.807, 2.05) is 0 Å². The minimum Gasteiger partial charge on any atom is -0.396 e. The first-order valence-electron chi connectivity index (χ1n) is 5.19. The molecule has 1 heterocycles. The van der Waals surface area contributed by atoms with Crippen molar-refractivity contribution in [2.24, 2.45) is 5.92 Å². The maximum Gasteiger partial charge on any atom is 0.0682 e. The zero-order valence-corrected chi connectivity index (χ0v) is 8.46. The molecule has 0 bridgehead atoms. The Morgan fingerprint density at radius 3 is 2.92 bits per heavy atom. The normalized spacial score (nSPS) is 28.3. The maximum absolute atomic E-state index is 9.12. The highest BCUT2D eigenvalue weighted by molar-refractivity contribution is 5.08. The lowest BCUT2D eigenvalue weighted by Gasteiger charge is -2.15. The van der Waals surface area contributed by atoms with Gasteiger partial charge in [0.2, 0.25) is 0 Å². The zero-order valence-electron chi connectivity index (χ0n) is 8.46. The van der Waals surface area contributed by atoms with Gasteiger partial charge in [0.15, 0.2) is 0 Å². The van der Waals surface area contributed by atoms with Crippen LogP contribution in [-0.2, 0) is 4.74 Å². The van der Waals surface area contributed by atoms with Gasteiger partial charge in [0.1, 0.15) is 0 Å². The van der Waals surface area contributed by atoms with Crippen LogP contribution in [0.3, 0.4) is 0 Å². The summed E-state index contributed by atoms with van der Waals surface area (Å²) in [6.07, 6.45) is 4.98. The summed E-state index contributed by atoms with van der Waals surface area (Å²) in [5.74, 6) is 0.192. The summed E-state index contributed by atoms with van der Waals surface area (Å²) in [7, 11) is 0. The van der Waals surface area contributed by atoms with Crippen molar-refractivity contribution in [1.82, 2.24) is 0 Å². The summed E-state index contributed by atoms with van der Waals surface area (Å²) in [6, 6.07) is 0. The standard InChI is InChI=1S/C11H20O2/c1-3-4-5-6-11-10(7-12)9(2)8-13-11/h10-12H,2-8H2,1H3/t10-,11-/m0/s1. The van der Waals surface area contributed by atoms with Gasteiger partial charge < -0.3 is 9.84 Å². The summed E-state index contributed by atoms with van der Waals surface area (Å²) in [6.45, 7) is 6.92. The number of hydrogen-bond acceptors (Lipinski definition) is 2. The van der Waals surface area contributed by atoms with Crippen LogP contribution in [0.15, 0.2) is 12.2 Å². The molecular formula is C11H20O2. The van der Waals surface area contributed by atoms with Crippen LogP contribution in [0.2, 0.25) is 0 Å². The molecule has 1 N–H and O–H groups in total. The Hall–Kier alpha value is -0.340. The Kier molecular flexibility index (Phi) is 4.46. The van der Waals surface area contributed by atoms with E-state index in [9.17, 15) is 0 Å². The number of rotatable bonds is 5. The van der Waals surface area contributed by atoms with E-state index in [1.165, 1.54) is 19.3 Å². The third kappa shape index (κ3) is 2.82. The van der Waals surface area contributed by atoms with E-state index in [2.05, 4.69) is 13.5 Å². The fraction of sp³-hybridized carbons (Fsp3) is 0.818. The lowest BCUT2D eigenvalue weighted by Crippen LogP contribution is -2.19. The molecule has 0 amide bonds. The van der Waals surface area contributed by atoms with Crippen molar-refractivity contribution in [3.63, 3.8) is 0 Å². The molecule has 1 rings (SSSR count). The Labute approximate surface area is 80.6 Å². The topological polar surface area (TPSA) is 29.5 Å². The lowest BCUT2D eigenvalue weighted by atomic mass is 9.95. The van der Waals surface area contributed by atoms with Crippen molar-refractivity contribution in [2.75, 3.05) is 13.2 Å². The second-order valence-corrected chi connectivity index (χ2v) is 3.79. The first-order valence-corrected chi connectivity index (χ1v) is 5.19. The molecule has 0 spiro atoms. The second-order valence-electron chi connectivity index (χ2n) is 3.79. The van der Waals surface area contributed by atoms with Gasteiger partial charge >= 0.3 is 0 Å². The van der Waals surface area contributed by atoms with Crippen molar-refractivity contribution < 1.29 is 9.84 Å². The molecule has 0 aromatic heterocycles. The molecule has 2 nitrogen and oxygen atoms in total. The van der Waals surface area contributed by atoms with Crippen LogP contribution in [0.25, 0.3) is 0 Å². The van der Waals surface area contributed by atoms with Crippen LogP contribution in [0.4, 0.5) is 0 Å². The van der Waals surface area contributed by atoms with Crippen LogP contribution in [0.1, 0.15) is 32.6 Å². The van der Waals surface area contributed by atoms with Gasteiger partial charge in [-0.05, 0) is 12.0 Å². The van der Waals surface area contributed by atoms with Crippen molar-refractivity contribution >= 4 is 0 Å². The predicted molar refractivity (Wildman–Crippen MR) is 53.6 cm³/mol. The number of unbranched alkanes of at least 4 members (excludes halogenated alkanes) is 2. The van der Waals surface area contributed by atoms with Crippen LogP contribution in [-0.4, -0.2) is 24.4 Å². The molecule has 2 atom stereocenters. The quantitative estimate of drug-likeness (QED) is 0.524. The van der Waals surface area contributed by atoms with Gasteiger partial charge in [-0.1, -0.05) is 32.8 Å². The van der Waals surface area contributed by atoms with E-state index in [1.54, 1.807) is 0 Å². The molecular weight excluding hydrogens is 164 g/mol. The third-order valence-corrected chi connectivity index (χ3v) is 2.74. The van der Waals surface area contributed by atoms with Gasteiger partial charge in [0.05, 0.1) is 19.3 Å². The molecule has 76 valence electrons. The summed E-state index contributed by atoms with van der Waals surface area (Å²) >= 11 is 0. The Bertz CT molecular complexity index is 165. The highest BCUT2D eigenvalue weighted by atomic mass is 16.5. The fourth-order valence-corrected chi connectivity index (χ4v) is 1.83. The minimum atomic E-state index is 0.190. The van der Waals surface area contributed by atoms with E-state index < -0.39 is 0 Å². The molecule has 0 unspecified atom stereocenters. The number of aliphatic hydroxyl groups excluding tert-OH is 1. The monoisotopic (exact) mass is 184 g/mol. The molecule has 0 aromatic rings. The molecule has 1 saturated heterocycles. The first kappa shape index (κ1) is 10.7. The van der Waals surface area contributed by atoms with Crippen molar-refractivity contribution in [1.29, 1.82) is 0 Å². The lowest BCUT2D eigenvalue weighted by molar-refractivity contribution is 0.0640. The van der Waals surface area contributed by atoms with E-state index in [0.717, 1.165) is 12.0 Å². The maximum atomic E-state index is 9.12. The van der Waals surface area contributed by atoms with Crippen molar-refractivity contribution in [3.8, 4) is 0 Å². The third-order valence-electron chi connectivity index (χ3n) is 2.74. The SMILES string of the molecule is C=C1CO[C@@H](CCCCC)[C@H]1CO. The molecule has 0 saturated carbocycles. The molecule has 1 aliphatic heterocycles. The van der Waals surface area contributed by atoms with Crippen LogP contribution < -0.4 is 0 Å². The Morgan fingerprint density at radius 2 is 2.31 bits per heavy atom. The molecule has 0 aromatic carbocycles. The summed E-state index contributed by atoms with van der Waals surface area (Å²) in [5.41, 5.74) is 1.06. The average Bonchev–Trinajstić information content (AvgIpc) is 2.47. The van der Waals surface area contributed by atoms with Crippen LogP contribution in [0, 0.1) is 5.92 Å². The van der Waals surface area contributed by atoms with Gasteiger partial charge in [0.25, 0.3) is 0 Å². The van der Waals surface area contributed by atoms with Crippen molar-refractivity contribution in [3.05, 3.63) is 12.2 Å². The molecule has 1 fully saturated rings. The largest absolute Gasteiger partial charge is 0.396 e. The van der Waals surface area contributed by atoms with Gasteiger partial charge in [-0.25, -0.2) is 0 Å². The van der Waals surface area contributed by atoms with Gasteiger partial charge in [-0.15, -0.1) is 0 Å². The minimum absolute atomic E-state index is 0.190. The smallest absolute Gasteiger partial charge is 0.0682 e. The zero-order chi connectivity index (χ0) is 9.68. The number of hydrogen-bond donors (Lipinski definition) is 1. The van der Waals surface area contributed by atoms with E-state index in [0.29, 0.717) is 6.61 Å². The fourth-order valence-electron chi connectivity index (χ4n) is 1.83. The summed E-state index contributed by atoms with van der Waals surface area (Å²) in [5, 5.41) is 9.12. The van der Waals surface area contributed by atoms with Crippen molar-refractivity contribution in [2.45, 2.75) is 38.7 Å². The molecule has 13 heavy (non-hydrogen) atoms. The van der Waals surface area contributed by atoms with Gasteiger partial charge in [0, 0.05) is 5.92 Å².